The molecule has 20 heavy (non-hydrogen) atoms. The van der Waals surface area contributed by atoms with Gasteiger partial charge in [-0.2, -0.15) is 0 Å². The van der Waals surface area contributed by atoms with E-state index in [1.54, 1.807) is 28.8 Å². The molecule has 4 nitrogen and oxygen atoms in total. The summed E-state index contributed by atoms with van der Waals surface area (Å²) in [6, 6.07) is 9.14. The van der Waals surface area contributed by atoms with E-state index < -0.39 is 17.4 Å². The summed E-state index contributed by atoms with van der Waals surface area (Å²) < 4.78 is 14.9. The highest BCUT2D eigenvalue weighted by Gasteiger charge is 2.34. The van der Waals surface area contributed by atoms with Crippen LogP contribution in [0.3, 0.4) is 0 Å². The molecule has 0 aliphatic heterocycles. The van der Waals surface area contributed by atoms with Gasteiger partial charge in [0.25, 0.3) is 5.78 Å². The Kier molecular flexibility index (Phi) is 1.99. The number of Topliss-reactive ketones (excluding diaryl/α,β-unsaturated/α-hetero) is 2. The highest BCUT2D eigenvalue weighted by Crippen LogP contribution is 2.33. The van der Waals surface area contributed by atoms with Gasteiger partial charge >= 0.3 is 0 Å². The van der Waals surface area contributed by atoms with E-state index in [0.717, 1.165) is 6.07 Å². The molecule has 0 amide bonds. The first-order valence-corrected chi connectivity index (χ1v) is 6.03. The third-order valence-corrected chi connectivity index (χ3v) is 3.43. The first kappa shape index (κ1) is 11.0. The van der Waals surface area contributed by atoms with E-state index in [0.29, 0.717) is 16.9 Å². The molecule has 0 fully saturated rings. The van der Waals surface area contributed by atoms with E-state index in [1.807, 2.05) is 0 Å². The molecule has 5 heteroatoms. The van der Waals surface area contributed by atoms with Crippen molar-refractivity contribution in [3.8, 4) is 11.3 Å². The molecule has 0 saturated heterocycles. The largest absolute Gasteiger partial charge is 0.296 e. The van der Waals surface area contributed by atoms with Crippen LogP contribution in [0.5, 0.6) is 0 Å². The minimum Gasteiger partial charge on any atom is -0.296 e. The third-order valence-electron chi connectivity index (χ3n) is 3.43. The zero-order chi connectivity index (χ0) is 13.9. The SMILES string of the molecule is O=C1C(=O)c2c(nc3ccccn23)-c2ccc(F)cc21. The predicted octanol–water partition coefficient (Wildman–Crippen LogP) is 2.52. The van der Waals surface area contributed by atoms with Crippen molar-refractivity contribution in [2.75, 3.05) is 0 Å². The van der Waals surface area contributed by atoms with Crippen LogP contribution in [0.2, 0.25) is 0 Å². The van der Waals surface area contributed by atoms with Gasteiger partial charge in [0.05, 0.1) is 0 Å². The molecule has 96 valence electrons. The molecule has 0 unspecified atom stereocenters. The molecule has 4 rings (SSSR count). The van der Waals surface area contributed by atoms with Gasteiger partial charge in [0.15, 0.2) is 0 Å². The summed E-state index contributed by atoms with van der Waals surface area (Å²) >= 11 is 0. The molecule has 0 bridgehead atoms. The molecule has 0 N–H and O–H groups in total. The predicted molar refractivity (Wildman–Crippen MR) is 69.2 cm³/mol. The number of fused-ring (bicyclic) bond motifs is 5. The van der Waals surface area contributed by atoms with Crippen molar-refractivity contribution >= 4 is 17.2 Å². The quantitative estimate of drug-likeness (QED) is 0.587. The van der Waals surface area contributed by atoms with Crippen LogP contribution in [0.15, 0.2) is 42.6 Å². The van der Waals surface area contributed by atoms with Gasteiger partial charge in [-0.15, -0.1) is 0 Å². The molecule has 1 aliphatic carbocycles. The summed E-state index contributed by atoms with van der Waals surface area (Å²) in [5.74, 6) is -1.90. The van der Waals surface area contributed by atoms with E-state index in [-0.39, 0.29) is 11.3 Å². The lowest BCUT2D eigenvalue weighted by Gasteiger charge is -2.13. The van der Waals surface area contributed by atoms with Crippen LogP contribution >= 0.6 is 0 Å². The average Bonchev–Trinajstić information content (AvgIpc) is 2.84. The number of carbonyl (C=O) groups excluding carboxylic acids is 2. The number of imidazole rings is 1. The van der Waals surface area contributed by atoms with E-state index in [4.69, 9.17) is 0 Å². The Balaban J connectivity index is 2.17. The molecule has 0 radical (unpaired) electrons. The fourth-order valence-electron chi connectivity index (χ4n) is 2.54. The van der Waals surface area contributed by atoms with Gasteiger partial charge in [-0.05, 0) is 30.3 Å². The lowest BCUT2D eigenvalue weighted by atomic mass is 9.90. The van der Waals surface area contributed by atoms with Crippen molar-refractivity contribution in [2.24, 2.45) is 0 Å². The van der Waals surface area contributed by atoms with E-state index in [9.17, 15) is 14.0 Å². The molecule has 2 aromatic heterocycles. The van der Waals surface area contributed by atoms with Gasteiger partial charge < -0.3 is 0 Å². The first-order chi connectivity index (χ1) is 9.66. The van der Waals surface area contributed by atoms with Crippen LogP contribution < -0.4 is 0 Å². The van der Waals surface area contributed by atoms with Crippen molar-refractivity contribution in [1.29, 1.82) is 0 Å². The van der Waals surface area contributed by atoms with Gasteiger partial charge in [-0.3, -0.25) is 14.0 Å². The van der Waals surface area contributed by atoms with Gasteiger partial charge in [0.2, 0.25) is 5.78 Å². The number of hydrogen-bond donors (Lipinski definition) is 0. The molecule has 2 heterocycles. The number of ketones is 2. The maximum absolute atomic E-state index is 13.3. The number of halogens is 1. The molecule has 0 atom stereocenters. The molecule has 1 aliphatic rings. The summed E-state index contributed by atoms with van der Waals surface area (Å²) in [7, 11) is 0. The summed E-state index contributed by atoms with van der Waals surface area (Å²) in [6.07, 6.45) is 1.68. The molecule has 3 aromatic rings. The molecule has 1 aromatic carbocycles. The van der Waals surface area contributed by atoms with Crippen molar-refractivity contribution in [2.45, 2.75) is 0 Å². The van der Waals surface area contributed by atoms with Crippen LogP contribution in [0.4, 0.5) is 4.39 Å². The number of pyridine rings is 1. The summed E-state index contributed by atoms with van der Waals surface area (Å²) in [4.78, 5) is 28.7. The Labute approximate surface area is 112 Å². The number of nitrogens with zero attached hydrogens (tertiary/aromatic N) is 2. The number of hydrogen-bond acceptors (Lipinski definition) is 3. The third kappa shape index (κ3) is 1.26. The fourth-order valence-corrected chi connectivity index (χ4v) is 2.54. The summed E-state index contributed by atoms with van der Waals surface area (Å²) in [5.41, 5.74) is 1.82. The average molecular weight is 266 g/mol. The second-order valence-electron chi connectivity index (χ2n) is 4.59. The van der Waals surface area contributed by atoms with Crippen LogP contribution in [0.25, 0.3) is 16.9 Å². The normalized spacial score (nSPS) is 13.4. The number of carbonyl (C=O) groups is 2. The lowest BCUT2D eigenvalue weighted by Crippen LogP contribution is -2.22. The van der Waals surface area contributed by atoms with Gasteiger partial charge in [-0.1, -0.05) is 6.07 Å². The van der Waals surface area contributed by atoms with Crippen molar-refractivity contribution in [1.82, 2.24) is 9.38 Å². The highest BCUT2D eigenvalue weighted by molar-refractivity contribution is 6.52. The number of aromatic nitrogens is 2. The number of benzene rings is 1. The number of rotatable bonds is 0. The maximum Gasteiger partial charge on any atom is 0.252 e. The van der Waals surface area contributed by atoms with Crippen molar-refractivity contribution in [3.05, 3.63) is 59.7 Å². The highest BCUT2D eigenvalue weighted by atomic mass is 19.1. The van der Waals surface area contributed by atoms with Crippen molar-refractivity contribution in [3.63, 3.8) is 0 Å². The van der Waals surface area contributed by atoms with Gasteiger partial charge in [0, 0.05) is 17.3 Å². The second-order valence-corrected chi connectivity index (χ2v) is 4.59. The Morgan fingerprint density at radius 2 is 1.85 bits per heavy atom. The summed E-state index contributed by atoms with van der Waals surface area (Å²) in [5, 5.41) is 0. The van der Waals surface area contributed by atoms with Crippen molar-refractivity contribution < 1.29 is 14.0 Å². The van der Waals surface area contributed by atoms with Crippen LogP contribution in [0.1, 0.15) is 20.8 Å². The fraction of sp³-hybridized carbons (Fsp3) is 0. The van der Waals surface area contributed by atoms with Crippen LogP contribution in [0, 0.1) is 5.82 Å². The molecule has 0 spiro atoms. The van der Waals surface area contributed by atoms with Crippen LogP contribution in [-0.2, 0) is 0 Å². The second kappa shape index (κ2) is 3.60. The molecular weight excluding hydrogens is 259 g/mol. The van der Waals surface area contributed by atoms with Gasteiger partial charge in [0.1, 0.15) is 22.9 Å². The van der Waals surface area contributed by atoms with Crippen LogP contribution in [-0.4, -0.2) is 21.0 Å². The first-order valence-electron chi connectivity index (χ1n) is 6.03. The smallest absolute Gasteiger partial charge is 0.252 e. The Morgan fingerprint density at radius 3 is 2.70 bits per heavy atom. The maximum atomic E-state index is 13.3. The topological polar surface area (TPSA) is 51.4 Å². The van der Waals surface area contributed by atoms with Gasteiger partial charge in [-0.25, -0.2) is 9.37 Å². The van der Waals surface area contributed by atoms with E-state index in [2.05, 4.69) is 4.98 Å². The minimum absolute atomic E-state index is 0.0749. The zero-order valence-electron chi connectivity index (χ0n) is 10.1. The standard InChI is InChI=1S/C15H7FN2O2/c16-8-4-5-9-10(7-8)14(19)15(20)13-12(9)17-11-3-1-2-6-18(11)13/h1-7H. The lowest BCUT2D eigenvalue weighted by molar-refractivity contribution is 0.0811. The Hall–Kier alpha value is -2.82. The Bertz CT molecular complexity index is 911. The zero-order valence-corrected chi connectivity index (χ0v) is 10.1. The minimum atomic E-state index is -0.697. The van der Waals surface area contributed by atoms with E-state index >= 15 is 0 Å². The summed E-state index contributed by atoms with van der Waals surface area (Å²) in [6.45, 7) is 0. The van der Waals surface area contributed by atoms with E-state index in [1.165, 1.54) is 12.1 Å². The monoisotopic (exact) mass is 266 g/mol. The molecular formula is C15H7FN2O2. The Morgan fingerprint density at radius 1 is 1.00 bits per heavy atom. The molecule has 0 saturated carbocycles.